The highest BCUT2D eigenvalue weighted by Gasteiger charge is 2.52. The average Bonchev–Trinajstić information content (AvgIpc) is 3.54. The minimum absolute atomic E-state index is 0.0518. The number of hydrogen-bond acceptors (Lipinski definition) is 6. The van der Waals surface area contributed by atoms with Crippen molar-refractivity contribution in [1.82, 2.24) is 29.5 Å². The molecule has 2 aliphatic carbocycles. The summed E-state index contributed by atoms with van der Waals surface area (Å²) in [6, 6.07) is 10.8. The quantitative estimate of drug-likeness (QED) is 0.161. The van der Waals surface area contributed by atoms with E-state index in [9.17, 15) is 18.8 Å². The van der Waals surface area contributed by atoms with Crippen LogP contribution < -0.4 is 10.1 Å². The van der Waals surface area contributed by atoms with Crippen LogP contribution in [0.4, 0.5) is 13.2 Å². The molecule has 9 nitrogen and oxygen atoms in total. The Balaban J connectivity index is 1.26. The lowest BCUT2D eigenvalue weighted by Crippen LogP contribution is -2.43. The Morgan fingerprint density at radius 3 is 2.68 bits per heavy atom. The molecule has 14 heteroatoms. The lowest BCUT2D eigenvalue weighted by molar-refractivity contribution is -0.136. The van der Waals surface area contributed by atoms with Crippen molar-refractivity contribution in [2.45, 2.75) is 89.2 Å². The number of alkyl halides is 2. The number of amides is 1. The van der Waals surface area contributed by atoms with Gasteiger partial charge in [0.2, 0.25) is 5.91 Å². The van der Waals surface area contributed by atoms with Gasteiger partial charge in [-0.3, -0.25) is 4.79 Å². The summed E-state index contributed by atoms with van der Waals surface area (Å²) in [4.78, 5) is 20.9. The third-order valence-corrected chi connectivity index (χ3v) is 12.6. The van der Waals surface area contributed by atoms with E-state index in [1.807, 2.05) is 24.8 Å². The number of nitrogens with one attached hydrogen (secondary N) is 1. The van der Waals surface area contributed by atoms with Crippen LogP contribution in [0.2, 0.25) is 10.0 Å². The molecule has 2 bridgehead atoms. The highest BCUT2D eigenvalue weighted by molar-refractivity contribution is 6.43. The molecule has 0 radical (unpaired) electrons. The summed E-state index contributed by atoms with van der Waals surface area (Å²) in [5.74, 6) is -0.00535. The molecule has 3 aliphatic heterocycles. The van der Waals surface area contributed by atoms with Crippen LogP contribution in [-0.2, 0) is 11.2 Å². The number of fused-ring (bicyclic) bond motifs is 4. The Labute approximate surface area is 313 Å². The van der Waals surface area contributed by atoms with Gasteiger partial charge in [-0.1, -0.05) is 35.3 Å². The molecule has 2 saturated carbocycles. The van der Waals surface area contributed by atoms with Gasteiger partial charge in [0, 0.05) is 64.6 Å². The van der Waals surface area contributed by atoms with Crippen LogP contribution in [0.25, 0.3) is 32.9 Å². The molecule has 53 heavy (non-hydrogen) atoms. The Bertz CT molecular complexity index is 2340. The zero-order valence-electron chi connectivity index (χ0n) is 29.0. The molecule has 5 aromatic rings. The summed E-state index contributed by atoms with van der Waals surface area (Å²) >= 11 is 13.1. The first-order chi connectivity index (χ1) is 25.5. The Morgan fingerprint density at radius 1 is 1.19 bits per heavy atom. The molecule has 2 aromatic carbocycles. The number of ether oxygens (including phenoxy) is 1. The molecule has 6 heterocycles. The van der Waals surface area contributed by atoms with E-state index in [2.05, 4.69) is 27.1 Å². The molecule has 0 spiro atoms. The van der Waals surface area contributed by atoms with Crippen molar-refractivity contribution < 1.29 is 22.7 Å². The zero-order valence-corrected chi connectivity index (χ0v) is 30.5. The van der Waals surface area contributed by atoms with Crippen molar-refractivity contribution in [1.29, 1.82) is 5.26 Å². The lowest BCUT2D eigenvalue weighted by atomic mass is 9.79. The van der Waals surface area contributed by atoms with Crippen LogP contribution >= 0.6 is 23.2 Å². The molecular weight excluding hydrogens is 726 g/mol. The summed E-state index contributed by atoms with van der Waals surface area (Å²) in [5, 5.41) is 19.0. The van der Waals surface area contributed by atoms with Gasteiger partial charge < -0.3 is 19.5 Å². The molecular formula is C39H36Cl2F3N7O2. The van der Waals surface area contributed by atoms with Gasteiger partial charge in [0.1, 0.15) is 11.6 Å². The molecule has 6 atom stereocenters. The van der Waals surface area contributed by atoms with Crippen molar-refractivity contribution in [3.8, 4) is 22.9 Å². The second kappa shape index (κ2) is 12.9. The van der Waals surface area contributed by atoms with E-state index >= 15 is 4.39 Å². The number of nitrogens with zero attached hydrogens (tertiary/aromatic N) is 6. The van der Waals surface area contributed by atoms with Crippen LogP contribution in [0, 0.1) is 35.9 Å². The largest absolute Gasteiger partial charge is 0.485 e. The number of nitriles is 1. The number of carbonyl (C=O) groups is 1. The van der Waals surface area contributed by atoms with E-state index in [-0.39, 0.29) is 64.6 Å². The molecule has 5 fully saturated rings. The number of aromatic nitrogens is 4. The number of halogens is 5. The third-order valence-electron chi connectivity index (χ3n) is 11.8. The van der Waals surface area contributed by atoms with E-state index in [1.54, 1.807) is 18.2 Å². The average molecular weight is 763 g/mol. The van der Waals surface area contributed by atoms with Crippen molar-refractivity contribution in [2.24, 2.45) is 11.8 Å². The van der Waals surface area contributed by atoms with Crippen molar-refractivity contribution >= 4 is 50.9 Å². The maximum Gasteiger partial charge on any atom is 0.333 e. The van der Waals surface area contributed by atoms with E-state index < -0.39 is 24.5 Å². The highest BCUT2D eigenvalue weighted by Crippen LogP contribution is 2.52. The second-order valence-electron chi connectivity index (χ2n) is 14.9. The van der Waals surface area contributed by atoms with Crippen LogP contribution in [0.5, 0.6) is 5.75 Å². The fourth-order valence-electron chi connectivity index (χ4n) is 9.06. The van der Waals surface area contributed by atoms with E-state index in [4.69, 9.17) is 32.9 Å². The smallest absolute Gasteiger partial charge is 0.333 e. The summed E-state index contributed by atoms with van der Waals surface area (Å²) in [5.41, 5.74) is 3.90. The fraction of sp³-hybridized carbons (Fsp3) is 0.436. The van der Waals surface area contributed by atoms with Gasteiger partial charge >= 0.3 is 6.55 Å². The predicted octanol–water partition coefficient (Wildman–Crippen LogP) is 8.71. The molecule has 1 amide bonds. The minimum atomic E-state index is -2.80. The summed E-state index contributed by atoms with van der Waals surface area (Å²) < 4.78 is 53.1. The highest BCUT2D eigenvalue weighted by atomic mass is 35.5. The molecule has 3 aromatic heterocycles. The summed E-state index contributed by atoms with van der Waals surface area (Å²) in [6.45, 7) is 1.87. The number of hydrogen-bond donors (Lipinski definition) is 1. The maximum absolute atomic E-state index is 17.2. The second-order valence-corrected chi connectivity index (χ2v) is 15.7. The van der Waals surface area contributed by atoms with Crippen molar-refractivity contribution in [2.75, 3.05) is 6.54 Å². The lowest BCUT2D eigenvalue weighted by Gasteiger charge is -2.39. The number of carbonyl (C=O) groups excluding carboxylic acids is 1. The van der Waals surface area contributed by atoms with Gasteiger partial charge in [0.05, 0.1) is 52.2 Å². The number of pyridine rings is 1. The van der Waals surface area contributed by atoms with Crippen LogP contribution in [0.3, 0.4) is 0 Å². The number of aryl methyl sites for hydroxylation is 2. The topological polar surface area (TPSA) is 101 Å². The SMILES string of the molecule is Cc1nc2c(F)c(-c3cccc(Cl)c3Cl)c(CCC#N)cc2c2c1cc([C@H]1C[C@H](Oc3cnn(C(F)F)c3)[C@H](C)N1C(=O)C1CC1)n2[C@H]1[C@H]2CN[C@@H]1C2. The monoisotopic (exact) mass is 761 g/mol. The maximum atomic E-state index is 17.2. The normalized spacial score (nSPS) is 25.1. The molecule has 10 rings (SSSR count). The number of likely N-dealkylation sites (tertiary alicyclic amines) is 1. The molecule has 274 valence electrons. The third kappa shape index (κ3) is 5.49. The van der Waals surface area contributed by atoms with Crippen molar-refractivity contribution in [3.63, 3.8) is 0 Å². The Morgan fingerprint density at radius 2 is 2.00 bits per heavy atom. The van der Waals surface area contributed by atoms with Gasteiger partial charge in [0.15, 0.2) is 11.6 Å². The standard InChI is InChI=1S/C39H36Cl2F3N7O2/c1-18-25-13-29(30-14-31(19(2)50(30)38(52)20-8-9-20)53-23-16-47-49(17-23)39(43)44)51(36-22-12-28(36)46-15-22)37(25)26-11-21(5-4-10-45)32(34(42)35(26)48-18)24-6-3-7-27(40)33(24)41/h3,6-7,11,13,16-17,19-20,22,28,30-31,36,39,46H,4-5,8-9,12,14-15H2,1-2H3/t19-,22+,28+,30+,31-,36-/m0/s1. The zero-order chi connectivity index (χ0) is 36.9. The summed E-state index contributed by atoms with van der Waals surface area (Å²) in [7, 11) is 0. The Kier molecular flexibility index (Phi) is 8.40. The van der Waals surface area contributed by atoms with Crippen LogP contribution in [-0.4, -0.2) is 54.9 Å². The molecule has 3 saturated heterocycles. The van der Waals surface area contributed by atoms with Gasteiger partial charge in [0.25, 0.3) is 0 Å². The minimum Gasteiger partial charge on any atom is -0.485 e. The van der Waals surface area contributed by atoms with Crippen LogP contribution in [0.15, 0.2) is 42.7 Å². The predicted molar refractivity (Wildman–Crippen MR) is 195 cm³/mol. The van der Waals surface area contributed by atoms with E-state index in [1.165, 1.54) is 12.4 Å². The first kappa shape index (κ1) is 34.5. The van der Waals surface area contributed by atoms with Crippen LogP contribution in [0.1, 0.15) is 74.6 Å². The van der Waals surface area contributed by atoms with Gasteiger partial charge in [-0.2, -0.15) is 19.1 Å². The first-order valence-electron chi connectivity index (χ1n) is 18.1. The van der Waals surface area contributed by atoms with E-state index in [0.29, 0.717) is 44.3 Å². The number of rotatable bonds is 9. The molecule has 5 aliphatic rings. The number of benzene rings is 2. The Hall–Kier alpha value is -4.31. The molecule has 0 unspecified atom stereocenters. The van der Waals surface area contributed by atoms with Crippen molar-refractivity contribution in [3.05, 3.63) is 75.5 Å². The van der Waals surface area contributed by atoms with Gasteiger partial charge in [-0.15, -0.1) is 0 Å². The molecule has 1 N–H and O–H groups in total. The van der Waals surface area contributed by atoms with E-state index in [0.717, 1.165) is 42.4 Å². The first-order valence-corrected chi connectivity index (χ1v) is 18.8. The summed E-state index contributed by atoms with van der Waals surface area (Å²) in [6.07, 6.45) is 5.48. The van der Waals surface area contributed by atoms with Gasteiger partial charge in [-0.25, -0.2) is 14.1 Å². The van der Waals surface area contributed by atoms with Gasteiger partial charge in [-0.05, 0) is 69.2 Å². The fourth-order valence-corrected chi connectivity index (χ4v) is 9.46.